The first kappa shape index (κ1) is 28.2. The Balaban J connectivity index is 1.36. The van der Waals surface area contributed by atoms with Gasteiger partial charge in [0, 0.05) is 48.6 Å². The van der Waals surface area contributed by atoms with Gasteiger partial charge in [0.1, 0.15) is 11.2 Å². The number of allylic oxidation sites excluding steroid dienone is 1. The predicted octanol–water partition coefficient (Wildman–Crippen LogP) is 11.9. The molecule has 0 unspecified atom stereocenters. The number of hydrogen-bond acceptors (Lipinski definition) is 4. The minimum atomic E-state index is 0.0562. The number of furan rings is 1. The third-order valence-corrected chi connectivity index (χ3v) is 10.6. The van der Waals surface area contributed by atoms with Crippen LogP contribution < -0.4 is 0 Å². The predicted molar refractivity (Wildman–Crippen MR) is 187 cm³/mol. The number of nitrogens with zero attached hydrogens (tertiary/aromatic N) is 3. The molecule has 4 nitrogen and oxygen atoms in total. The Morgan fingerprint density at radius 3 is 2.02 bits per heavy atom. The van der Waals surface area contributed by atoms with E-state index in [1.807, 2.05) is 18.2 Å². The molecule has 4 heterocycles. The highest BCUT2D eigenvalue weighted by atomic mass is 32.1. The molecule has 44 heavy (non-hydrogen) atoms. The van der Waals surface area contributed by atoms with Crippen molar-refractivity contribution in [3.63, 3.8) is 0 Å². The van der Waals surface area contributed by atoms with Crippen LogP contribution in [0.5, 0.6) is 0 Å². The number of fused-ring (bicyclic) bond motifs is 6. The maximum atomic E-state index is 9.10. The highest BCUT2D eigenvalue weighted by Crippen LogP contribution is 2.43. The van der Waals surface area contributed by atoms with Crippen molar-refractivity contribution in [2.75, 3.05) is 0 Å². The highest BCUT2D eigenvalue weighted by molar-refractivity contribution is 7.26. The summed E-state index contributed by atoms with van der Waals surface area (Å²) in [4.78, 5) is 6.37. The van der Waals surface area contributed by atoms with E-state index in [1.165, 1.54) is 32.9 Å². The van der Waals surface area contributed by atoms with E-state index in [2.05, 4.69) is 112 Å². The highest BCUT2D eigenvalue weighted by Gasteiger charge is 2.22. The van der Waals surface area contributed by atoms with Gasteiger partial charge in [0.15, 0.2) is 0 Å². The largest absolute Gasteiger partial charge is 0.455 e. The standard InChI is InChI=1S/C38H31N3OS2/c1-37(2,3)22-8-13-30-28(16-22)29-17-23(38(4,5)6)9-14-31(29)41(30)25-10-12-27-32(19-25)42-33-20-35(44-36(27)33)34-15-11-26(43-34)18-24(21-39)40-7/h8-20H,1-6H3/b24-18-. The average molecular weight is 610 g/mol. The second-order valence-electron chi connectivity index (χ2n) is 13.3. The van der Waals surface area contributed by atoms with Gasteiger partial charge in [-0.15, -0.1) is 22.7 Å². The average Bonchev–Trinajstić information content (AvgIpc) is 3.75. The number of hydrogen-bond donors (Lipinski definition) is 0. The molecule has 0 amide bonds. The minimum absolute atomic E-state index is 0.0562. The second kappa shape index (κ2) is 9.96. The monoisotopic (exact) mass is 609 g/mol. The third-order valence-electron chi connectivity index (χ3n) is 8.27. The summed E-state index contributed by atoms with van der Waals surface area (Å²) in [5.74, 6) is 0. The van der Waals surface area contributed by atoms with Crippen LogP contribution in [0.25, 0.3) is 69.4 Å². The fourth-order valence-electron chi connectivity index (χ4n) is 5.82. The van der Waals surface area contributed by atoms with E-state index in [0.29, 0.717) is 0 Å². The summed E-state index contributed by atoms with van der Waals surface area (Å²) in [6.07, 6.45) is 1.64. The van der Waals surface area contributed by atoms with E-state index < -0.39 is 0 Å². The molecule has 6 heteroatoms. The molecule has 3 aromatic carbocycles. The first-order chi connectivity index (χ1) is 20.9. The summed E-state index contributed by atoms with van der Waals surface area (Å²) in [6, 6.07) is 28.4. The molecule has 0 saturated heterocycles. The SMILES string of the molecule is [C-]#[N+]/C(C#N)=C\c1ccc(-c2cc3oc4cc(-n5c6ccc(C(C)(C)C)cc6c6cc(C(C)(C)C)ccc65)ccc4c3s2)s1. The van der Waals surface area contributed by atoms with Gasteiger partial charge in [0.25, 0.3) is 5.70 Å². The molecule has 0 saturated carbocycles. The summed E-state index contributed by atoms with van der Waals surface area (Å²) >= 11 is 3.28. The van der Waals surface area contributed by atoms with Crippen molar-refractivity contribution < 1.29 is 4.42 Å². The van der Waals surface area contributed by atoms with Crippen LogP contribution in [0.1, 0.15) is 57.5 Å². The Morgan fingerprint density at radius 2 is 1.43 bits per heavy atom. The molecular formula is C38H31N3OS2. The Kier molecular flexibility index (Phi) is 6.38. The third kappa shape index (κ3) is 4.63. The van der Waals surface area contributed by atoms with Gasteiger partial charge >= 0.3 is 0 Å². The molecule has 0 spiro atoms. The van der Waals surface area contributed by atoms with Crippen molar-refractivity contribution in [3.05, 3.63) is 106 Å². The Hall–Kier alpha value is -4.62. The Morgan fingerprint density at radius 1 is 0.773 bits per heavy atom. The number of nitriles is 1. The van der Waals surface area contributed by atoms with Crippen molar-refractivity contribution in [1.29, 1.82) is 5.26 Å². The molecule has 7 aromatic rings. The summed E-state index contributed by atoms with van der Waals surface area (Å²) < 4.78 is 9.95. The zero-order chi connectivity index (χ0) is 31.0. The van der Waals surface area contributed by atoms with Crippen LogP contribution in [-0.4, -0.2) is 4.57 Å². The van der Waals surface area contributed by atoms with Gasteiger partial charge in [-0.05, 0) is 76.6 Å². The fourth-order valence-corrected chi connectivity index (χ4v) is 7.96. The maximum Gasteiger partial charge on any atom is 0.263 e. The van der Waals surface area contributed by atoms with E-state index in [1.54, 1.807) is 28.7 Å². The van der Waals surface area contributed by atoms with E-state index in [9.17, 15) is 0 Å². The van der Waals surface area contributed by atoms with E-state index in [-0.39, 0.29) is 16.5 Å². The molecule has 0 aliphatic heterocycles. The molecule has 0 N–H and O–H groups in total. The summed E-state index contributed by atoms with van der Waals surface area (Å²) in [5.41, 5.74) is 8.05. The lowest BCUT2D eigenvalue weighted by atomic mass is 9.85. The van der Waals surface area contributed by atoms with Gasteiger partial charge < -0.3 is 8.98 Å². The first-order valence-electron chi connectivity index (χ1n) is 14.6. The number of thiophene rings is 2. The van der Waals surface area contributed by atoms with Crippen LogP contribution in [0.2, 0.25) is 0 Å². The summed E-state index contributed by atoms with van der Waals surface area (Å²) in [7, 11) is 0. The van der Waals surface area contributed by atoms with Crippen LogP contribution in [-0.2, 0) is 10.8 Å². The topological polar surface area (TPSA) is 46.2 Å². The fraction of sp³-hybridized carbons (Fsp3) is 0.211. The van der Waals surface area contributed by atoms with Crippen LogP contribution in [0.4, 0.5) is 0 Å². The molecule has 0 aliphatic rings. The van der Waals surface area contributed by atoms with Crippen molar-refractivity contribution in [1.82, 2.24) is 4.57 Å². The van der Waals surface area contributed by atoms with Crippen molar-refractivity contribution in [2.24, 2.45) is 0 Å². The molecule has 0 bridgehead atoms. The van der Waals surface area contributed by atoms with Gasteiger partial charge in [-0.25, -0.2) is 10.1 Å². The normalized spacial score (nSPS) is 12.9. The molecular weight excluding hydrogens is 579 g/mol. The zero-order valence-electron chi connectivity index (χ0n) is 25.6. The summed E-state index contributed by atoms with van der Waals surface area (Å²) in [6.45, 7) is 20.7. The van der Waals surface area contributed by atoms with E-state index in [4.69, 9.17) is 16.3 Å². The number of aromatic nitrogens is 1. The quantitative estimate of drug-likeness (QED) is 0.148. The minimum Gasteiger partial charge on any atom is -0.455 e. The molecule has 0 aliphatic carbocycles. The lowest BCUT2D eigenvalue weighted by molar-refractivity contribution is 0.590. The van der Waals surface area contributed by atoms with Gasteiger partial charge in [-0.3, -0.25) is 0 Å². The van der Waals surface area contributed by atoms with E-state index in [0.717, 1.165) is 41.6 Å². The maximum absolute atomic E-state index is 9.10. The zero-order valence-corrected chi connectivity index (χ0v) is 27.2. The van der Waals surface area contributed by atoms with Crippen molar-refractivity contribution in [3.8, 4) is 21.5 Å². The molecule has 7 rings (SSSR count). The Labute approximate surface area is 264 Å². The second-order valence-corrected chi connectivity index (χ2v) is 15.5. The Bertz CT molecular complexity index is 2290. The first-order valence-corrected chi connectivity index (χ1v) is 16.2. The smallest absolute Gasteiger partial charge is 0.263 e. The number of rotatable bonds is 3. The molecule has 4 aromatic heterocycles. The van der Waals surface area contributed by atoms with Crippen molar-refractivity contribution in [2.45, 2.75) is 52.4 Å². The van der Waals surface area contributed by atoms with Gasteiger partial charge in [0.05, 0.1) is 28.4 Å². The van der Waals surface area contributed by atoms with Crippen LogP contribution in [0.15, 0.2) is 82.9 Å². The van der Waals surface area contributed by atoms with E-state index >= 15 is 0 Å². The lowest BCUT2D eigenvalue weighted by Gasteiger charge is -2.19. The molecule has 216 valence electrons. The number of benzene rings is 3. The van der Waals surface area contributed by atoms with Crippen LogP contribution >= 0.6 is 22.7 Å². The van der Waals surface area contributed by atoms with Crippen LogP contribution in [0, 0.1) is 17.9 Å². The molecule has 0 radical (unpaired) electrons. The van der Waals surface area contributed by atoms with Crippen LogP contribution in [0.3, 0.4) is 0 Å². The molecule has 0 atom stereocenters. The summed E-state index contributed by atoms with van der Waals surface area (Å²) in [5, 5.41) is 12.7. The van der Waals surface area contributed by atoms with Gasteiger partial charge in [-0.2, -0.15) is 0 Å². The lowest BCUT2D eigenvalue weighted by Crippen LogP contribution is -2.10. The van der Waals surface area contributed by atoms with Gasteiger partial charge in [-0.1, -0.05) is 53.7 Å². The molecule has 0 fully saturated rings. The van der Waals surface area contributed by atoms with Crippen molar-refractivity contribution >= 4 is 71.8 Å². The van der Waals surface area contributed by atoms with Gasteiger partial charge in [0.2, 0.25) is 0 Å².